The van der Waals surface area contributed by atoms with Gasteiger partial charge in [0.15, 0.2) is 0 Å². The molecule has 1 aromatic carbocycles. The fraction of sp³-hybridized carbons (Fsp3) is 0.462. The van der Waals surface area contributed by atoms with E-state index in [0.717, 1.165) is 32.6 Å². The van der Waals surface area contributed by atoms with E-state index in [4.69, 9.17) is 0 Å². The van der Waals surface area contributed by atoms with Crippen molar-refractivity contribution in [1.29, 1.82) is 0 Å². The van der Waals surface area contributed by atoms with E-state index in [2.05, 4.69) is 17.4 Å². The Morgan fingerprint density at radius 2 is 2.00 bits per heavy atom. The Hall–Kier alpha value is -1.35. The lowest BCUT2D eigenvalue weighted by Gasteiger charge is -2.25. The van der Waals surface area contributed by atoms with Gasteiger partial charge in [-0.05, 0) is 18.5 Å². The number of amides is 1. The lowest BCUT2D eigenvalue weighted by molar-refractivity contribution is -0.132. The van der Waals surface area contributed by atoms with E-state index in [1.165, 1.54) is 5.56 Å². The van der Waals surface area contributed by atoms with Gasteiger partial charge in [0.25, 0.3) is 0 Å². The Balaban J connectivity index is 1.98. The summed E-state index contributed by atoms with van der Waals surface area (Å²) in [5.74, 6) is 0.283. The summed E-state index contributed by atoms with van der Waals surface area (Å²) in [6.07, 6.45) is 1.62. The summed E-state index contributed by atoms with van der Waals surface area (Å²) in [5, 5.41) is 3.33. The highest BCUT2D eigenvalue weighted by Gasteiger charge is 2.14. The first-order valence-electron chi connectivity index (χ1n) is 5.89. The summed E-state index contributed by atoms with van der Waals surface area (Å²) >= 11 is 0. The van der Waals surface area contributed by atoms with Gasteiger partial charge in [0.1, 0.15) is 0 Å². The van der Waals surface area contributed by atoms with Crippen LogP contribution in [0.4, 0.5) is 0 Å². The molecule has 0 radical (unpaired) electrons. The molecule has 0 aromatic heterocycles. The third kappa shape index (κ3) is 3.07. The predicted octanol–water partition coefficient (Wildman–Crippen LogP) is 1.40. The molecule has 3 heteroatoms. The van der Waals surface area contributed by atoms with E-state index in [-0.39, 0.29) is 5.91 Å². The van der Waals surface area contributed by atoms with E-state index < -0.39 is 0 Å². The Morgan fingerprint density at radius 1 is 1.19 bits per heavy atom. The Labute approximate surface area is 96.5 Å². The van der Waals surface area contributed by atoms with Gasteiger partial charge in [0, 0.05) is 26.1 Å². The maximum Gasteiger partial charge on any atom is 0.222 e. The highest BCUT2D eigenvalue weighted by atomic mass is 16.2. The van der Waals surface area contributed by atoms with Crippen molar-refractivity contribution in [3.05, 3.63) is 35.9 Å². The highest BCUT2D eigenvalue weighted by molar-refractivity contribution is 5.76. The smallest absolute Gasteiger partial charge is 0.222 e. The number of carbonyl (C=O) groups is 1. The van der Waals surface area contributed by atoms with Crippen LogP contribution >= 0.6 is 0 Å². The van der Waals surface area contributed by atoms with Gasteiger partial charge < -0.3 is 10.2 Å². The summed E-state index contributed by atoms with van der Waals surface area (Å²) in [7, 11) is 0. The van der Waals surface area contributed by atoms with Crippen LogP contribution in [0.1, 0.15) is 18.4 Å². The maximum atomic E-state index is 11.9. The second kappa shape index (κ2) is 5.66. The Morgan fingerprint density at radius 3 is 2.81 bits per heavy atom. The lowest BCUT2D eigenvalue weighted by Crippen LogP contribution is -2.39. The average molecular weight is 218 g/mol. The lowest BCUT2D eigenvalue weighted by atomic mass is 10.2. The van der Waals surface area contributed by atoms with E-state index in [1.54, 1.807) is 0 Å². The molecule has 0 atom stereocenters. The molecule has 1 aliphatic heterocycles. The minimum atomic E-state index is 0.283. The van der Waals surface area contributed by atoms with Crippen molar-refractivity contribution in [2.45, 2.75) is 19.4 Å². The van der Waals surface area contributed by atoms with Crippen molar-refractivity contribution in [3.63, 3.8) is 0 Å². The van der Waals surface area contributed by atoms with Crippen LogP contribution in [0.15, 0.2) is 30.3 Å². The maximum absolute atomic E-state index is 11.9. The summed E-state index contributed by atoms with van der Waals surface area (Å²) in [4.78, 5) is 13.8. The van der Waals surface area contributed by atoms with Gasteiger partial charge in [-0.2, -0.15) is 0 Å². The first-order chi connectivity index (χ1) is 7.86. The van der Waals surface area contributed by atoms with Crippen molar-refractivity contribution in [2.75, 3.05) is 19.6 Å². The van der Waals surface area contributed by atoms with Gasteiger partial charge in [0.05, 0.1) is 0 Å². The van der Waals surface area contributed by atoms with Crippen LogP contribution in [-0.2, 0) is 11.3 Å². The monoisotopic (exact) mass is 218 g/mol. The van der Waals surface area contributed by atoms with Gasteiger partial charge in [0.2, 0.25) is 5.91 Å². The molecule has 0 aliphatic carbocycles. The summed E-state index contributed by atoms with van der Waals surface area (Å²) in [6, 6.07) is 10.2. The van der Waals surface area contributed by atoms with Crippen LogP contribution in [-0.4, -0.2) is 30.4 Å². The van der Waals surface area contributed by atoms with Gasteiger partial charge in [-0.1, -0.05) is 30.3 Å². The first-order valence-corrected chi connectivity index (χ1v) is 5.89. The molecule has 3 nitrogen and oxygen atoms in total. The van der Waals surface area contributed by atoms with Crippen LogP contribution in [0.25, 0.3) is 0 Å². The van der Waals surface area contributed by atoms with Crippen LogP contribution in [0.5, 0.6) is 0 Å². The molecule has 1 heterocycles. The minimum Gasteiger partial charge on any atom is -0.337 e. The fourth-order valence-electron chi connectivity index (χ4n) is 1.96. The predicted molar refractivity (Wildman–Crippen MR) is 64.0 cm³/mol. The minimum absolute atomic E-state index is 0.283. The molecule has 16 heavy (non-hydrogen) atoms. The molecule has 0 unspecified atom stereocenters. The van der Waals surface area contributed by atoms with Gasteiger partial charge in [-0.15, -0.1) is 0 Å². The second-order valence-electron chi connectivity index (χ2n) is 4.15. The largest absolute Gasteiger partial charge is 0.337 e. The number of carbonyl (C=O) groups excluding carboxylic acids is 1. The number of nitrogens with one attached hydrogen (secondary N) is 1. The summed E-state index contributed by atoms with van der Waals surface area (Å²) < 4.78 is 0. The molecular weight excluding hydrogens is 200 g/mol. The van der Waals surface area contributed by atoms with Crippen LogP contribution in [0, 0.1) is 0 Å². The zero-order valence-corrected chi connectivity index (χ0v) is 9.48. The molecule has 0 spiro atoms. The quantitative estimate of drug-likeness (QED) is 0.813. The van der Waals surface area contributed by atoms with Crippen LogP contribution in [0.3, 0.4) is 0 Å². The molecule has 1 amide bonds. The number of hydrogen-bond acceptors (Lipinski definition) is 2. The Kier molecular flexibility index (Phi) is 3.94. The molecule has 1 N–H and O–H groups in total. The molecule has 1 fully saturated rings. The van der Waals surface area contributed by atoms with Crippen molar-refractivity contribution < 1.29 is 4.79 Å². The number of benzene rings is 1. The molecule has 0 bridgehead atoms. The van der Waals surface area contributed by atoms with Gasteiger partial charge in [-0.25, -0.2) is 0 Å². The highest BCUT2D eigenvalue weighted by Crippen LogP contribution is 2.07. The van der Waals surface area contributed by atoms with Gasteiger partial charge in [-0.3, -0.25) is 4.79 Å². The van der Waals surface area contributed by atoms with Crippen LogP contribution < -0.4 is 5.32 Å². The summed E-state index contributed by atoms with van der Waals surface area (Å²) in [5.41, 5.74) is 1.21. The number of nitrogens with zero attached hydrogens (tertiary/aromatic N) is 1. The zero-order chi connectivity index (χ0) is 11.2. The Bertz CT molecular complexity index is 337. The molecule has 2 rings (SSSR count). The first kappa shape index (κ1) is 11.1. The molecular formula is C13H18N2O. The van der Waals surface area contributed by atoms with E-state index >= 15 is 0 Å². The van der Waals surface area contributed by atoms with Crippen molar-refractivity contribution in [3.8, 4) is 0 Å². The number of hydrogen-bond donors (Lipinski definition) is 1. The molecule has 1 aliphatic rings. The van der Waals surface area contributed by atoms with E-state index in [1.807, 2.05) is 23.1 Å². The normalized spacial score (nSPS) is 18.0. The summed E-state index contributed by atoms with van der Waals surface area (Å²) in [6.45, 7) is 3.42. The van der Waals surface area contributed by atoms with E-state index in [9.17, 15) is 4.79 Å². The van der Waals surface area contributed by atoms with Crippen LogP contribution in [0.2, 0.25) is 0 Å². The van der Waals surface area contributed by atoms with Gasteiger partial charge >= 0.3 is 0 Å². The number of rotatable bonds is 2. The fourth-order valence-corrected chi connectivity index (χ4v) is 1.96. The molecule has 86 valence electrons. The topological polar surface area (TPSA) is 32.3 Å². The zero-order valence-electron chi connectivity index (χ0n) is 9.48. The third-order valence-corrected chi connectivity index (χ3v) is 2.87. The van der Waals surface area contributed by atoms with E-state index in [0.29, 0.717) is 6.42 Å². The second-order valence-corrected chi connectivity index (χ2v) is 4.15. The SMILES string of the molecule is O=C1CCCNCCN1Cc1ccccc1. The molecule has 1 aromatic rings. The van der Waals surface area contributed by atoms with Crippen molar-refractivity contribution >= 4 is 5.91 Å². The molecule has 1 saturated heterocycles. The standard InChI is InChI=1S/C13H18N2O/c16-13-7-4-8-14-9-10-15(13)11-12-5-2-1-3-6-12/h1-3,5-6,14H,4,7-11H2. The van der Waals surface area contributed by atoms with Crippen molar-refractivity contribution in [2.24, 2.45) is 0 Å². The van der Waals surface area contributed by atoms with Crippen molar-refractivity contribution in [1.82, 2.24) is 10.2 Å². The third-order valence-electron chi connectivity index (χ3n) is 2.87. The average Bonchev–Trinajstić information content (AvgIpc) is 2.30. The molecule has 0 saturated carbocycles.